The lowest BCUT2D eigenvalue weighted by Gasteiger charge is -2.08. The van der Waals surface area contributed by atoms with Crippen molar-refractivity contribution < 1.29 is 14.4 Å². The van der Waals surface area contributed by atoms with E-state index in [4.69, 9.17) is 16.4 Å². The van der Waals surface area contributed by atoms with E-state index in [0.717, 1.165) is 5.56 Å². The number of carbonyl (C=O) groups excluding carboxylic acids is 2. The van der Waals surface area contributed by atoms with Gasteiger partial charge in [-0.15, -0.1) is 0 Å². The lowest BCUT2D eigenvalue weighted by Crippen LogP contribution is -2.29. The van der Waals surface area contributed by atoms with Crippen LogP contribution in [-0.4, -0.2) is 18.4 Å². The molecule has 2 N–H and O–H groups in total. The first kappa shape index (κ1) is 16.0. The highest BCUT2D eigenvalue weighted by atomic mass is 35.5. The largest absolute Gasteiger partial charge is 0.324 e. The van der Waals surface area contributed by atoms with Gasteiger partial charge in [-0.3, -0.25) is 14.4 Å². The summed E-state index contributed by atoms with van der Waals surface area (Å²) in [4.78, 5) is 28.3. The Balaban J connectivity index is 1.78. The summed E-state index contributed by atoms with van der Waals surface area (Å²) in [5.41, 5.74) is 4.15. The number of hydrogen-bond acceptors (Lipinski definition) is 3. The van der Waals surface area contributed by atoms with E-state index in [1.807, 2.05) is 6.92 Å². The molecular weight excluding hydrogens is 304 g/mol. The van der Waals surface area contributed by atoms with Crippen molar-refractivity contribution in [3.8, 4) is 0 Å². The lowest BCUT2D eigenvalue weighted by molar-refractivity contribution is -0.122. The number of anilines is 1. The second-order valence-corrected chi connectivity index (χ2v) is 5.01. The van der Waals surface area contributed by atoms with E-state index in [9.17, 15) is 9.59 Å². The molecule has 0 radical (unpaired) electrons. The number of carbonyl (C=O) groups is 2. The number of benzene rings is 2. The van der Waals surface area contributed by atoms with Crippen molar-refractivity contribution in [2.45, 2.75) is 6.92 Å². The van der Waals surface area contributed by atoms with Crippen molar-refractivity contribution in [2.75, 3.05) is 11.9 Å². The van der Waals surface area contributed by atoms with Gasteiger partial charge in [-0.2, -0.15) is 0 Å². The molecule has 2 aromatic rings. The van der Waals surface area contributed by atoms with Crippen LogP contribution >= 0.6 is 11.6 Å². The normalized spacial score (nSPS) is 10.1. The zero-order chi connectivity index (χ0) is 15.9. The van der Waals surface area contributed by atoms with Gasteiger partial charge in [0, 0.05) is 16.3 Å². The summed E-state index contributed by atoms with van der Waals surface area (Å²) in [6.45, 7) is 1.57. The molecule has 0 unspecified atom stereocenters. The zero-order valence-corrected chi connectivity index (χ0v) is 12.7. The second-order valence-electron chi connectivity index (χ2n) is 4.60. The van der Waals surface area contributed by atoms with Crippen LogP contribution in [0.4, 0.5) is 5.69 Å². The molecule has 2 amide bonds. The van der Waals surface area contributed by atoms with E-state index in [1.54, 1.807) is 48.5 Å². The molecule has 0 heterocycles. The number of hydroxylamine groups is 1. The van der Waals surface area contributed by atoms with Gasteiger partial charge in [-0.05, 0) is 36.8 Å². The van der Waals surface area contributed by atoms with Gasteiger partial charge in [-0.1, -0.05) is 35.9 Å². The molecular formula is C16H15ClN2O3. The zero-order valence-electron chi connectivity index (χ0n) is 11.9. The summed E-state index contributed by atoms with van der Waals surface area (Å²) in [6, 6.07) is 13.8. The summed E-state index contributed by atoms with van der Waals surface area (Å²) in [6.07, 6.45) is 0. The van der Waals surface area contributed by atoms with E-state index in [0.29, 0.717) is 16.3 Å². The Kier molecular flexibility index (Phi) is 5.52. The van der Waals surface area contributed by atoms with Gasteiger partial charge in [0.15, 0.2) is 6.61 Å². The molecule has 6 heteroatoms. The molecule has 0 aliphatic carbocycles. The second kappa shape index (κ2) is 7.59. The highest BCUT2D eigenvalue weighted by Crippen LogP contribution is 2.19. The molecule has 2 aromatic carbocycles. The first-order chi connectivity index (χ1) is 10.6. The van der Waals surface area contributed by atoms with Gasteiger partial charge in [-0.25, -0.2) is 5.48 Å². The van der Waals surface area contributed by atoms with Crippen molar-refractivity contribution in [3.63, 3.8) is 0 Å². The first-order valence-electron chi connectivity index (χ1n) is 6.59. The Morgan fingerprint density at radius 3 is 2.55 bits per heavy atom. The smallest absolute Gasteiger partial charge is 0.274 e. The van der Waals surface area contributed by atoms with Gasteiger partial charge >= 0.3 is 0 Å². The Bertz CT molecular complexity index is 674. The standard InChI is InChI=1S/C16H15ClN2O3/c1-11-7-8-13(9-14(11)17)18-15(20)10-22-19-16(21)12-5-3-2-4-6-12/h2-9H,10H2,1H3,(H,18,20)(H,19,21). The molecule has 0 aromatic heterocycles. The van der Waals surface area contributed by atoms with Gasteiger partial charge in [0.25, 0.3) is 11.8 Å². The maximum Gasteiger partial charge on any atom is 0.274 e. The monoisotopic (exact) mass is 318 g/mol. The molecule has 0 fully saturated rings. The number of halogens is 1. The topological polar surface area (TPSA) is 67.4 Å². The van der Waals surface area contributed by atoms with Crippen LogP contribution in [0.25, 0.3) is 0 Å². The fourth-order valence-corrected chi connectivity index (χ4v) is 1.86. The summed E-state index contributed by atoms with van der Waals surface area (Å²) >= 11 is 5.97. The molecule has 114 valence electrons. The minimum Gasteiger partial charge on any atom is -0.324 e. The van der Waals surface area contributed by atoms with Gasteiger partial charge in [0.05, 0.1) is 0 Å². The van der Waals surface area contributed by atoms with E-state index in [1.165, 1.54) is 0 Å². The van der Waals surface area contributed by atoms with E-state index in [-0.39, 0.29) is 6.61 Å². The van der Waals surface area contributed by atoms with E-state index in [2.05, 4.69) is 10.8 Å². The predicted molar refractivity (Wildman–Crippen MR) is 84.7 cm³/mol. The summed E-state index contributed by atoms with van der Waals surface area (Å²) in [7, 11) is 0. The molecule has 5 nitrogen and oxygen atoms in total. The summed E-state index contributed by atoms with van der Waals surface area (Å²) in [5.74, 6) is -0.805. The van der Waals surface area contributed by atoms with Crippen molar-refractivity contribution in [1.82, 2.24) is 5.48 Å². The van der Waals surface area contributed by atoms with Crippen molar-refractivity contribution in [3.05, 3.63) is 64.7 Å². The van der Waals surface area contributed by atoms with Crippen LogP contribution in [0.3, 0.4) is 0 Å². The molecule has 0 aliphatic rings. The number of aryl methyl sites for hydroxylation is 1. The Hall–Kier alpha value is -2.37. The van der Waals surface area contributed by atoms with E-state index >= 15 is 0 Å². The maximum atomic E-state index is 11.7. The predicted octanol–water partition coefficient (Wildman–Crippen LogP) is 2.95. The van der Waals surface area contributed by atoms with Crippen LogP contribution in [0, 0.1) is 6.92 Å². The van der Waals surface area contributed by atoms with Crippen molar-refractivity contribution in [2.24, 2.45) is 0 Å². The summed E-state index contributed by atoms with van der Waals surface area (Å²) in [5, 5.41) is 3.19. The SMILES string of the molecule is Cc1ccc(NC(=O)CONC(=O)c2ccccc2)cc1Cl. The quantitative estimate of drug-likeness (QED) is 0.833. The lowest BCUT2D eigenvalue weighted by atomic mass is 10.2. The Labute approximate surface area is 133 Å². The number of amides is 2. The average molecular weight is 319 g/mol. The number of hydrogen-bond donors (Lipinski definition) is 2. The average Bonchev–Trinajstić information content (AvgIpc) is 2.51. The third-order valence-electron chi connectivity index (χ3n) is 2.86. The minimum atomic E-state index is -0.410. The van der Waals surface area contributed by atoms with Crippen molar-refractivity contribution >= 4 is 29.1 Å². The van der Waals surface area contributed by atoms with Crippen LogP contribution in [-0.2, 0) is 9.63 Å². The third kappa shape index (κ3) is 4.58. The molecule has 0 bridgehead atoms. The molecule has 0 aliphatic heterocycles. The van der Waals surface area contributed by atoms with Crippen LogP contribution < -0.4 is 10.8 Å². The molecule has 0 saturated carbocycles. The number of nitrogens with one attached hydrogen (secondary N) is 2. The minimum absolute atomic E-state index is 0.302. The first-order valence-corrected chi connectivity index (χ1v) is 6.97. The fourth-order valence-electron chi connectivity index (χ4n) is 1.68. The third-order valence-corrected chi connectivity index (χ3v) is 3.27. The van der Waals surface area contributed by atoms with Gasteiger partial charge in [0.1, 0.15) is 0 Å². The summed E-state index contributed by atoms with van der Waals surface area (Å²) < 4.78 is 0. The highest BCUT2D eigenvalue weighted by molar-refractivity contribution is 6.31. The Morgan fingerprint density at radius 2 is 1.86 bits per heavy atom. The molecule has 0 spiro atoms. The maximum absolute atomic E-state index is 11.7. The van der Waals surface area contributed by atoms with Crippen LogP contribution in [0.5, 0.6) is 0 Å². The Morgan fingerprint density at radius 1 is 1.14 bits per heavy atom. The van der Waals surface area contributed by atoms with Crippen LogP contribution in [0.2, 0.25) is 5.02 Å². The molecule has 22 heavy (non-hydrogen) atoms. The van der Waals surface area contributed by atoms with Gasteiger partial charge in [0.2, 0.25) is 0 Å². The molecule has 2 rings (SSSR count). The van der Waals surface area contributed by atoms with Crippen molar-refractivity contribution in [1.29, 1.82) is 0 Å². The van der Waals surface area contributed by atoms with Crippen LogP contribution in [0.15, 0.2) is 48.5 Å². The molecule has 0 atom stereocenters. The van der Waals surface area contributed by atoms with Gasteiger partial charge < -0.3 is 5.32 Å². The van der Waals surface area contributed by atoms with Crippen LogP contribution in [0.1, 0.15) is 15.9 Å². The molecule has 0 saturated heterocycles. The number of rotatable bonds is 5. The van der Waals surface area contributed by atoms with E-state index < -0.39 is 11.8 Å². The fraction of sp³-hybridized carbons (Fsp3) is 0.125. The highest BCUT2D eigenvalue weighted by Gasteiger charge is 2.07.